The second kappa shape index (κ2) is 9.80. The number of rotatable bonds is 8. The van der Waals surface area contributed by atoms with Gasteiger partial charge in [0.15, 0.2) is 5.82 Å². The molecule has 0 aliphatic heterocycles. The molecule has 0 aliphatic rings. The fourth-order valence-corrected chi connectivity index (χ4v) is 4.11. The monoisotopic (exact) mass is 467 g/mol. The Morgan fingerprint density at radius 3 is 2.29 bits per heavy atom. The first-order valence-electron chi connectivity index (χ1n) is 11.6. The minimum absolute atomic E-state index is 0.147. The van der Waals surface area contributed by atoms with Crippen LogP contribution >= 0.6 is 0 Å². The zero-order chi connectivity index (χ0) is 24.2. The Bertz CT molecular complexity index is 1540. The summed E-state index contributed by atoms with van der Waals surface area (Å²) >= 11 is 0. The van der Waals surface area contributed by atoms with Crippen molar-refractivity contribution in [1.29, 1.82) is 0 Å². The molecule has 8 nitrogen and oxygen atoms in total. The molecule has 2 aromatic heterocycles. The molecule has 0 bridgehead atoms. The molecule has 0 amide bonds. The van der Waals surface area contributed by atoms with Gasteiger partial charge in [-0.3, -0.25) is 14.1 Å². The van der Waals surface area contributed by atoms with Crippen LogP contribution in [0.2, 0.25) is 0 Å². The first-order chi connectivity index (χ1) is 17.1. The van der Waals surface area contributed by atoms with Gasteiger partial charge in [-0.1, -0.05) is 85.2 Å². The van der Waals surface area contributed by atoms with Gasteiger partial charge in [-0.05, 0) is 35.2 Å². The van der Waals surface area contributed by atoms with Crippen molar-refractivity contribution in [3.05, 3.63) is 111 Å². The molecule has 5 rings (SSSR count). The molecule has 0 aliphatic carbocycles. The van der Waals surface area contributed by atoms with Gasteiger partial charge in [-0.25, -0.2) is 9.59 Å². The number of nitrogens with one attached hydrogen (secondary N) is 1. The molecule has 0 saturated heterocycles. The second-order valence-corrected chi connectivity index (χ2v) is 8.32. The van der Waals surface area contributed by atoms with E-state index in [4.69, 9.17) is 0 Å². The summed E-state index contributed by atoms with van der Waals surface area (Å²) in [7, 11) is 0. The maximum atomic E-state index is 13.3. The fraction of sp³-hybridized carbons (Fsp3) is 0.185. The highest BCUT2D eigenvalue weighted by atomic mass is 16.5. The first-order valence-corrected chi connectivity index (χ1v) is 11.6. The van der Waals surface area contributed by atoms with Crippen LogP contribution in [-0.2, 0) is 13.0 Å². The smallest absolute Gasteiger partial charge is 0.296 e. The SMILES string of the molecule is CCCCc1nn(-c2ccccc2)c(=O)n1Cc1ccc(-c2ccccc2-c2noc(=O)[nH]2)cc1. The highest BCUT2D eigenvalue weighted by molar-refractivity contribution is 5.80. The lowest BCUT2D eigenvalue weighted by Gasteiger charge is -2.09. The third-order valence-corrected chi connectivity index (χ3v) is 5.92. The third kappa shape index (κ3) is 4.63. The van der Waals surface area contributed by atoms with Gasteiger partial charge in [-0.15, -0.1) is 5.10 Å². The van der Waals surface area contributed by atoms with Gasteiger partial charge >= 0.3 is 11.4 Å². The van der Waals surface area contributed by atoms with Crippen molar-refractivity contribution in [3.8, 4) is 28.2 Å². The van der Waals surface area contributed by atoms with Gasteiger partial charge in [0, 0.05) is 12.0 Å². The zero-order valence-corrected chi connectivity index (χ0v) is 19.3. The summed E-state index contributed by atoms with van der Waals surface area (Å²) in [5, 5.41) is 8.47. The molecule has 1 N–H and O–H groups in total. The number of aryl methyl sites for hydroxylation is 1. The molecule has 0 fully saturated rings. The number of nitrogens with zero attached hydrogens (tertiary/aromatic N) is 4. The number of unbranched alkanes of at least 4 members (excludes halogenated alkanes) is 1. The summed E-state index contributed by atoms with van der Waals surface area (Å²) in [4.78, 5) is 27.3. The molecule has 0 radical (unpaired) electrons. The quantitative estimate of drug-likeness (QED) is 0.364. The summed E-state index contributed by atoms with van der Waals surface area (Å²) in [6.07, 6.45) is 2.73. The number of benzene rings is 3. The van der Waals surface area contributed by atoms with Crippen molar-refractivity contribution in [1.82, 2.24) is 24.5 Å². The van der Waals surface area contributed by atoms with Gasteiger partial charge < -0.3 is 0 Å². The number of aromatic amines is 1. The highest BCUT2D eigenvalue weighted by Crippen LogP contribution is 2.29. The lowest BCUT2D eigenvalue weighted by atomic mass is 9.98. The van der Waals surface area contributed by atoms with Crippen LogP contribution in [0.5, 0.6) is 0 Å². The predicted octanol–water partition coefficient (Wildman–Crippen LogP) is 4.44. The second-order valence-electron chi connectivity index (χ2n) is 8.32. The van der Waals surface area contributed by atoms with Crippen molar-refractivity contribution in [2.24, 2.45) is 0 Å². The summed E-state index contributed by atoms with van der Waals surface area (Å²) in [5.41, 5.74) is 4.26. The van der Waals surface area contributed by atoms with Crippen LogP contribution in [0.1, 0.15) is 31.2 Å². The number of H-pyrrole nitrogens is 1. The van der Waals surface area contributed by atoms with Gasteiger partial charge in [0.05, 0.1) is 12.2 Å². The molecule has 5 aromatic rings. The molecule has 0 spiro atoms. The van der Waals surface area contributed by atoms with E-state index in [1.54, 1.807) is 4.57 Å². The number of para-hydroxylation sites is 1. The summed E-state index contributed by atoms with van der Waals surface area (Å²) in [5.74, 6) is 0.575. The lowest BCUT2D eigenvalue weighted by molar-refractivity contribution is 0.388. The Labute approximate surface area is 201 Å². The summed E-state index contributed by atoms with van der Waals surface area (Å²) < 4.78 is 7.91. The topological polar surface area (TPSA) is 98.7 Å². The minimum atomic E-state index is -0.592. The Morgan fingerprint density at radius 2 is 1.60 bits per heavy atom. The van der Waals surface area contributed by atoms with Crippen LogP contribution in [0.3, 0.4) is 0 Å². The normalized spacial score (nSPS) is 11.1. The molecule has 0 atom stereocenters. The number of hydrogen-bond donors (Lipinski definition) is 1. The van der Waals surface area contributed by atoms with Crippen molar-refractivity contribution in [3.63, 3.8) is 0 Å². The highest BCUT2D eigenvalue weighted by Gasteiger charge is 2.15. The van der Waals surface area contributed by atoms with E-state index < -0.39 is 5.76 Å². The Kier molecular flexibility index (Phi) is 6.26. The van der Waals surface area contributed by atoms with Crippen molar-refractivity contribution < 1.29 is 4.52 Å². The molecular weight excluding hydrogens is 442 g/mol. The van der Waals surface area contributed by atoms with Gasteiger partial charge in [0.1, 0.15) is 5.82 Å². The zero-order valence-electron chi connectivity index (χ0n) is 19.3. The molecular formula is C27H25N5O3. The van der Waals surface area contributed by atoms with E-state index >= 15 is 0 Å². The van der Waals surface area contributed by atoms with Gasteiger partial charge in [-0.2, -0.15) is 4.68 Å². The lowest BCUT2D eigenvalue weighted by Crippen LogP contribution is -2.25. The predicted molar refractivity (Wildman–Crippen MR) is 134 cm³/mol. The molecule has 2 heterocycles. The third-order valence-electron chi connectivity index (χ3n) is 5.92. The van der Waals surface area contributed by atoms with Crippen molar-refractivity contribution in [2.45, 2.75) is 32.7 Å². The Balaban J connectivity index is 1.46. The van der Waals surface area contributed by atoms with E-state index in [1.165, 1.54) is 4.68 Å². The van der Waals surface area contributed by atoms with Crippen molar-refractivity contribution in [2.75, 3.05) is 0 Å². The van der Waals surface area contributed by atoms with Crippen LogP contribution in [0.15, 0.2) is 93.0 Å². The van der Waals surface area contributed by atoms with Crippen molar-refractivity contribution >= 4 is 0 Å². The number of hydrogen-bond acceptors (Lipinski definition) is 5. The standard InChI is InChI=1S/C27H25N5O3/c1-2-3-13-24-29-32(21-9-5-4-6-10-21)27(34)31(24)18-19-14-16-20(17-15-19)22-11-7-8-12-23(22)25-28-26(33)35-30-25/h4-12,14-17H,2-3,13,18H2,1H3,(H,28,30,33). The maximum absolute atomic E-state index is 13.3. The van der Waals surface area contributed by atoms with Crippen LogP contribution in [-0.4, -0.2) is 24.5 Å². The maximum Gasteiger partial charge on any atom is 0.439 e. The van der Waals surface area contributed by atoms with Crippen LogP contribution in [0, 0.1) is 0 Å². The van der Waals surface area contributed by atoms with Crippen LogP contribution in [0.4, 0.5) is 0 Å². The molecule has 8 heteroatoms. The van der Waals surface area contributed by atoms with Gasteiger partial charge in [0.2, 0.25) is 0 Å². The van der Waals surface area contributed by atoms with Crippen LogP contribution in [0.25, 0.3) is 28.2 Å². The molecule has 3 aromatic carbocycles. The fourth-order valence-electron chi connectivity index (χ4n) is 4.11. The van der Waals surface area contributed by atoms with E-state index in [9.17, 15) is 9.59 Å². The average molecular weight is 468 g/mol. The van der Waals surface area contributed by atoms with E-state index in [2.05, 4.69) is 26.7 Å². The molecule has 0 saturated carbocycles. The van der Waals surface area contributed by atoms with E-state index in [0.717, 1.165) is 53.0 Å². The van der Waals surface area contributed by atoms with E-state index in [1.807, 2.05) is 78.9 Å². The number of aromatic nitrogens is 5. The van der Waals surface area contributed by atoms with Crippen LogP contribution < -0.4 is 11.4 Å². The molecule has 35 heavy (non-hydrogen) atoms. The average Bonchev–Trinajstić information content (AvgIpc) is 3.47. The summed E-state index contributed by atoms with van der Waals surface area (Å²) in [6.45, 7) is 2.56. The summed E-state index contributed by atoms with van der Waals surface area (Å²) in [6, 6.07) is 25.2. The Hall–Kier alpha value is -4.46. The van der Waals surface area contributed by atoms with E-state index in [0.29, 0.717) is 12.4 Å². The minimum Gasteiger partial charge on any atom is -0.296 e. The molecule has 0 unspecified atom stereocenters. The van der Waals surface area contributed by atoms with E-state index in [-0.39, 0.29) is 5.69 Å². The first kappa shape index (κ1) is 22.3. The largest absolute Gasteiger partial charge is 0.439 e. The molecule has 176 valence electrons. The Morgan fingerprint density at radius 1 is 0.886 bits per heavy atom. The van der Waals surface area contributed by atoms with Gasteiger partial charge in [0.25, 0.3) is 0 Å².